The van der Waals surface area contributed by atoms with E-state index in [0.29, 0.717) is 5.76 Å². The van der Waals surface area contributed by atoms with Gasteiger partial charge in [-0.1, -0.05) is 18.2 Å². The van der Waals surface area contributed by atoms with Crippen LogP contribution in [0.1, 0.15) is 36.4 Å². The van der Waals surface area contributed by atoms with Crippen LogP contribution in [0.25, 0.3) is 11.0 Å². The first-order chi connectivity index (χ1) is 7.87. The van der Waals surface area contributed by atoms with Crippen LogP contribution in [0.5, 0.6) is 0 Å². The summed E-state index contributed by atoms with van der Waals surface area (Å²) < 4.78 is 5.60. The maximum Gasteiger partial charge on any atom is 0.199 e. The van der Waals surface area contributed by atoms with E-state index in [9.17, 15) is 4.79 Å². The number of rotatable bonds is 3. The molecule has 1 aromatic carbocycles. The Morgan fingerprint density at radius 1 is 1.41 bits per heavy atom. The fraction of sp³-hybridized carbons (Fsp3) is 0.357. The highest BCUT2D eigenvalue weighted by atomic mass is 16.3. The Morgan fingerprint density at radius 2 is 2.12 bits per heavy atom. The average Bonchev–Trinajstić information content (AvgIpc) is 2.60. The third-order valence-corrected chi connectivity index (χ3v) is 2.63. The summed E-state index contributed by atoms with van der Waals surface area (Å²) in [4.78, 5) is 12.0. The number of fused-ring (bicyclic) bond motifs is 1. The first kappa shape index (κ1) is 11.9. The van der Waals surface area contributed by atoms with Crippen LogP contribution in [0.2, 0.25) is 0 Å². The molecule has 0 radical (unpaired) electrons. The number of carbonyl (C=O) groups is 1. The molecule has 0 bridgehead atoms. The summed E-state index contributed by atoms with van der Waals surface area (Å²) in [5.41, 5.74) is 7.15. The number of hydrogen-bond acceptors (Lipinski definition) is 3. The van der Waals surface area contributed by atoms with E-state index in [1.54, 1.807) is 6.07 Å². The standard InChI is InChI=1S/C14H17NO2/c1-9-5-4-6-10-7-12(17-13(9)10)11(16)8-14(2,3)15/h4-7H,8,15H2,1-3H3. The average molecular weight is 231 g/mol. The molecule has 0 saturated heterocycles. The smallest absolute Gasteiger partial charge is 0.199 e. The van der Waals surface area contributed by atoms with E-state index in [-0.39, 0.29) is 12.2 Å². The van der Waals surface area contributed by atoms with Gasteiger partial charge in [0.05, 0.1) is 0 Å². The molecule has 0 unspecified atom stereocenters. The van der Waals surface area contributed by atoms with Crippen molar-refractivity contribution in [2.75, 3.05) is 0 Å². The SMILES string of the molecule is Cc1cccc2cc(C(=O)CC(C)(C)N)oc12. The topological polar surface area (TPSA) is 56.2 Å². The second-order valence-corrected chi connectivity index (χ2v) is 5.19. The minimum atomic E-state index is -0.509. The Labute approximate surface area is 101 Å². The summed E-state index contributed by atoms with van der Waals surface area (Å²) in [6, 6.07) is 7.65. The second kappa shape index (κ2) is 4.00. The van der Waals surface area contributed by atoms with Gasteiger partial charge in [-0.3, -0.25) is 4.79 Å². The van der Waals surface area contributed by atoms with Gasteiger partial charge in [0.1, 0.15) is 5.58 Å². The predicted molar refractivity (Wildman–Crippen MR) is 68.2 cm³/mol. The number of benzene rings is 1. The predicted octanol–water partition coefficient (Wildman–Crippen LogP) is 3.05. The first-order valence-corrected chi connectivity index (χ1v) is 5.68. The number of hydrogen-bond donors (Lipinski definition) is 1. The van der Waals surface area contributed by atoms with Crippen LogP contribution in [0.4, 0.5) is 0 Å². The van der Waals surface area contributed by atoms with Crippen LogP contribution in [0, 0.1) is 6.92 Å². The van der Waals surface area contributed by atoms with Crippen LogP contribution < -0.4 is 5.73 Å². The van der Waals surface area contributed by atoms with Gasteiger partial charge in [-0.2, -0.15) is 0 Å². The third-order valence-electron chi connectivity index (χ3n) is 2.63. The van der Waals surface area contributed by atoms with Crippen molar-refractivity contribution in [3.8, 4) is 0 Å². The van der Waals surface area contributed by atoms with E-state index in [1.807, 2.05) is 39.0 Å². The molecule has 2 rings (SSSR count). The molecule has 3 heteroatoms. The maximum absolute atomic E-state index is 12.0. The lowest BCUT2D eigenvalue weighted by Gasteiger charge is -2.15. The van der Waals surface area contributed by atoms with Crippen LogP contribution in [0.15, 0.2) is 28.7 Å². The van der Waals surface area contributed by atoms with Crippen molar-refractivity contribution in [2.45, 2.75) is 32.7 Å². The molecule has 0 aliphatic carbocycles. The fourth-order valence-electron chi connectivity index (χ4n) is 1.85. The van der Waals surface area contributed by atoms with E-state index < -0.39 is 5.54 Å². The van der Waals surface area contributed by atoms with Gasteiger partial charge in [-0.25, -0.2) is 0 Å². The highest BCUT2D eigenvalue weighted by Crippen LogP contribution is 2.24. The van der Waals surface area contributed by atoms with Gasteiger partial charge >= 0.3 is 0 Å². The summed E-state index contributed by atoms with van der Waals surface area (Å²) in [6.45, 7) is 5.63. The normalized spacial score (nSPS) is 12.0. The minimum absolute atomic E-state index is 0.0481. The minimum Gasteiger partial charge on any atom is -0.453 e. The molecule has 0 saturated carbocycles. The summed E-state index contributed by atoms with van der Waals surface area (Å²) >= 11 is 0. The number of carbonyl (C=O) groups excluding carboxylic acids is 1. The molecule has 0 aliphatic rings. The molecule has 0 fully saturated rings. The van der Waals surface area contributed by atoms with Crippen molar-refractivity contribution < 1.29 is 9.21 Å². The quantitative estimate of drug-likeness (QED) is 0.826. The summed E-state index contributed by atoms with van der Waals surface area (Å²) in [5.74, 6) is 0.348. The van der Waals surface area contributed by atoms with E-state index in [0.717, 1.165) is 16.5 Å². The molecule has 0 aliphatic heterocycles. The molecular formula is C14H17NO2. The van der Waals surface area contributed by atoms with Crippen molar-refractivity contribution >= 4 is 16.8 Å². The van der Waals surface area contributed by atoms with Crippen LogP contribution >= 0.6 is 0 Å². The molecule has 17 heavy (non-hydrogen) atoms. The molecule has 0 amide bonds. The maximum atomic E-state index is 12.0. The van der Waals surface area contributed by atoms with Crippen LogP contribution in [-0.2, 0) is 0 Å². The number of para-hydroxylation sites is 1. The van der Waals surface area contributed by atoms with E-state index in [2.05, 4.69) is 0 Å². The van der Waals surface area contributed by atoms with E-state index in [4.69, 9.17) is 10.2 Å². The second-order valence-electron chi connectivity index (χ2n) is 5.19. The zero-order chi connectivity index (χ0) is 12.6. The Bertz CT molecular complexity index is 561. The Kier molecular flexibility index (Phi) is 2.79. The molecular weight excluding hydrogens is 214 g/mol. The highest BCUT2D eigenvalue weighted by molar-refractivity contribution is 5.98. The molecule has 1 aromatic heterocycles. The van der Waals surface area contributed by atoms with Crippen molar-refractivity contribution in [1.82, 2.24) is 0 Å². The molecule has 2 aromatic rings. The Balaban J connectivity index is 2.37. The lowest BCUT2D eigenvalue weighted by Crippen LogP contribution is -2.34. The van der Waals surface area contributed by atoms with Gasteiger partial charge in [-0.15, -0.1) is 0 Å². The number of furan rings is 1. The third kappa shape index (κ3) is 2.56. The largest absolute Gasteiger partial charge is 0.453 e. The molecule has 1 heterocycles. The number of ketones is 1. The van der Waals surface area contributed by atoms with Crippen molar-refractivity contribution in [3.63, 3.8) is 0 Å². The monoisotopic (exact) mass is 231 g/mol. The highest BCUT2D eigenvalue weighted by Gasteiger charge is 2.20. The number of aryl methyl sites for hydroxylation is 1. The fourth-order valence-corrected chi connectivity index (χ4v) is 1.85. The van der Waals surface area contributed by atoms with Crippen molar-refractivity contribution in [2.24, 2.45) is 5.73 Å². The summed E-state index contributed by atoms with van der Waals surface area (Å²) in [6.07, 6.45) is 0.284. The van der Waals surface area contributed by atoms with Gasteiger partial charge in [-0.05, 0) is 32.4 Å². The summed E-state index contributed by atoms with van der Waals surface area (Å²) in [7, 11) is 0. The van der Waals surface area contributed by atoms with Gasteiger partial charge < -0.3 is 10.2 Å². The van der Waals surface area contributed by atoms with Gasteiger partial charge in [0.15, 0.2) is 11.5 Å². The Morgan fingerprint density at radius 3 is 2.71 bits per heavy atom. The zero-order valence-corrected chi connectivity index (χ0v) is 10.4. The van der Waals surface area contributed by atoms with Gasteiger partial charge in [0.2, 0.25) is 0 Å². The molecule has 0 atom stereocenters. The van der Waals surface area contributed by atoms with E-state index >= 15 is 0 Å². The molecule has 90 valence electrons. The molecule has 3 nitrogen and oxygen atoms in total. The zero-order valence-electron chi connectivity index (χ0n) is 10.4. The Hall–Kier alpha value is -1.61. The van der Waals surface area contributed by atoms with Crippen LogP contribution in [-0.4, -0.2) is 11.3 Å². The van der Waals surface area contributed by atoms with Crippen LogP contribution in [0.3, 0.4) is 0 Å². The lowest BCUT2D eigenvalue weighted by molar-refractivity contribution is 0.0935. The van der Waals surface area contributed by atoms with E-state index in [1.165, 1.54) is 0 Å². The summed E-state index contributed by atoms with van der Waals surface area (Å²) in [5, 5.41) is 0.961. The van der Waals surface area contributed by atoms with Gasteiger partial charge in [0.25, 0.3) is 0 Å². The van der Waals surface area contributed by atoms with Gasteiger partial charge in [0, 0.05) is 17.3 Å². The lowest BCUT2D eigenvalue weighted by atomic mass is 9.98. The number of nitrogens with two attached hydrogens (primary N) is 1. The van der Waals surface area contributed by atoms with Crippen molar-refractivity contribution in [1.29, 1.82) is 0 Å². The first-order valence-electron chi connectivity index (χ1n) is 5.68. The number of Topliss-reactive ketones (excluding diaryl/α,β-unsaturated/α-hetero) is 1. The molecule has 0 spiro atoms. The van der Waals surface area contributed by atoms with Crippen molar-refractivity contribution in [3.05, 3.63) is 35.6 Å². The molecule has 2 N–H and O–H groups in total.